The van der Waals surface area contributed by atoms with Gasteiger partial charge in [0.15, 0.2) is 0 Å². The predicted molar refractivity (Wildman–Crippen MR) is 97.0 cm³/mol. The minimum atomic E-state index is 0.796. The van der Waals surface area contributed by atoms with Crippen LogP contribution in [0.15, 0.2) is 59.7 Å². The molecule has 0 spiro atoms. The molecule has 0 radical (unpaired) electrons. The van der Waals surface area contributed by atoms with Gasteiger partial charge < -0.3 is 0 Å². The van der Waals surface area contributed by atoms with Gasteiger partial charge in [0, 0.05) is 37.7 Å². The van der Waals surface area contributed by atoms with Crippen molar-refractivity contribution in [3.8, 4) is 0 Å². The molecule has 0 aromatic heterocycles. The fraction of sp³-hybridized carbons (Fsp3) is 0.316. The molecule has 120 valence electrons. The molecule has 2 aromatic rings. The van der Waals surface area contributed by atoms with Gasteiger partial charge in [-0.2, -0.15) is 5.10 Å². The number of rotatable bonds is 4. The summed E-state index contributed by atoms with van der Waals surface area (Å²) in [5.74, 6) is 0. The molecule has 3 nitrogen and oxygen atoms in total. The van der Waals surface area contributed by atoms with Crippen LogP contribution in [0.5, 0.6) is 0 Å². The summed E-state index contributed by atoms with van der Waals surface area (Å²) in [5, 5.41) is 7.74. The highest BCUT2D eigenvalue weighted by Crippen LogP contribution is 2.13. The molecule has 0 amide bonds. The lowest BCUT2D eigenvalue weighted by molar-refractivity contribution is 0.130. The normalized spacial score (nSPS) is 16.6. The molecule has 2 aromatic carbocycles. The van der Waals surface area contributed by atoms with Gasteiger partial charge in [-0.3, -0.25) is 9.91 Å². The van der Waals surface area contributed by atoms with E-state index in [1.54, 1.807) is 0 Å². The molecule has 0 N–H and O–H groups in total. The van der Waals surface area contributed by atoms with Gasteiger partial charge in [0.2, 0.25) is 0 Å². The minimum absolute atomic E-state index is 0.796. The Labute approximate surface area is 143 Å². The van der Waals surface area contributed by atoms with Crippen molar-refractivity contribution in [2.75, 3.05) is 26.2 Å². The molecule has 1 saturated heterocycles. The third kappa shape index (κ3) is 4.57. The van der Waals surface area contributed by atoms with Crippen molar-refractivity contribution < 1.29 is 0 Å². The molecule has 1 fully saturated rings. The lowest BCUT2D eigenvalue weighted by atomic mass is 10.1. The van der Waals surface area contributed by atoms with E-state index in [1.807, 2.05) is 18.2 Å². The maximum atomic E-state index is 5.94. The Hall–Kier alpha value is -1.84. The SMILES string of the molecule is C/C(=N/N1CCN(Cc2ccc(Cl)cc2)CC1)c1ccccc1. The standard InChI is InChI=1S/C19H22ClN3/c1-16(18-5-3-2-4-6-18)21-23-13-11-22(12-14-23)15-17-7-9-19(20)10-8-17/h2-10H,11-15H2,1H3/b21-16-. The lowest BCUT2D eigenvalue weighted by Crippen LogP contribution is -2.43. The van der Waals surface area contributed by atoms with Crippen LogP contribution in [0.3, 0.4) is 0 Å². The van der Waals surface area contributed by atoms with E-state index in [2.05, 4.69) is 53.2 Å². The number of hydrogen-bond acceptors (Lipinski definition) is 3. The maximum absolute atomic E-state index is 5.94. The molecule has 0 bridgehead atoms. The molecule has 0 atom stereocenters. The number of piperazine rings is 1. The van der Waals surface area contributed by atoms with Gasteiger partial charge in [0.1, 0.15) is 0 Å². The van der Waals surface area contributed by atoms with Gasteiger partial charge in [0.05, 0.1) is 5.71 Å². The molecule has 0 saturated carbocycles. The van der Waals surface area contributed by atoms with Gasteiger partial charge in [0.25, 0.3) is 0 Å². The molecular formula is C19H22ClN3. The van der Waals surface area contributed by atoms with Gasteiger partial charge in [-0.1, -0.05) is 54.1 Å². The second-order valence-corrected chi connectivity index (χ2v) is 6.34. The highest BCUT2D eigenvalue weighted by molar-refractivity contribution is 6.30. The van der Waals surface area contributed by atoms with Gasteiger partial charge in [-0.05, 0) is 30.2 Å². The van der Waals surface area contributed by atoms with Crippen LogP contribution in [-0.4, -0.2) is 41.8 Å². The molecule has 0 unspecified atom stereocenters. The predicted octanol–water partition coefficient (Wildman–Crippen LogP) is 3.88. The fourth-order valence-electron chi connectivity index (χ4n) is 2.79. The zero-order valence-electron chi connectivity index (χ0n) is 13.5. The van der Waals surface area contributed by atoms with Crippen molar-refractivity contribution in [3.63, 3.8) is 0 Å². The van der Waals surface area contributed by atoms with Crippen molar-refractivity contribution in [2.45, 2.75) is 13.5 Å². The van der Waals surface area contributed by atoms with Crippen LogP contribution in [0.25, 0.3) is 0 Å². The second kappa shape index (κ2) is 7.62. The molecule has 1 aliphatic heterocycles. The van der Waals surface area contributed by atoms with Crippen LogP contribution in [0.4, 0.5) is 0 Å². The van der Waals surface area contributed by atoms with Crippen molar-refractivity contribution in [1.29, 1.82) is 0 Å². The highest BCUT2D eigenvalue weighted by Gasteiger charge is 2.16. The van der Waals surface area contributed by atoms with E-state index < -0.39 is 0 Å². The van der Waals surface area contributed by atoms with Crippen LogP contribution < -0.4 is 0 Å². The Morgan fingerprint density at radius 2 is 1.61 bits per heavy atom. The van der Waals surface area contributed by atoms with E-state index in [0.29, 0.717) is 0 Å². The van der Waals surface area contributed by atoms with Gasteiger partial charge >= 0.3 is 0 Å². The summed E-state index contributed by atoms with van der Waals surface area (Å²) in [4.78, 5) is 2.47. The molecule has 4 heteroatoms. The van der Waals surface area contributed by atoms with E-state index in [1.165, 1.54) is 11.1 Å². The number of benzene rings is 2. The minimum Gasteiger partial charge on any atom is -0.295 e. The van der Waals surface area contributed by atoms with E-state index >= 15 is 0 Å². The number of nitrogens with zero attached hydrogens (tertiary/aromatic N) is 3. The maximum Gasteiger partial charge on any atom is 0.0646 e. The van der Waals surface area contributed by atoms with E-state index in [4.69, 9.17) is 16.7 Å². The van der Waals surface area contributed by atoms with Crippen LogP contribution in [0.2, 0.25) is 5.02 Å². The first-order valence-corrected chi connectivity index (χ1v) is 8.41. The van der Waals surface area contributed by atoms with E-state index in [0.717, 1.165) is 43.5 Å². The number of halogens is 1. The topological polar surface area (TPSA) is 18.8 Å². The average Bonchev–Trinajstić information content (AvgIpc) is 2.59. The molecule has 0 aliphatic carbocycles. The average molecular weight is 328 g/mol. The largest absolute Gasteiger partial charge is 0.295 e. The Bertz CT molecular complexity index is 644. The van der Waals surface area contributed by atoms with Gasteiger partial charge in [-0.25, -0.2) is 0 Å². The summed E-state index contributed by atoms with van der Waals surface area (Å²) in [7, 11) is 0. The fourth-order valence-corrected chi connectivity index (χ4v) is 2.92. The first kappa shape index (κ1) is 16.0. The second-order valence-electron chi connectivity index (χ2n) is 5.91. The molecule has 3 rings (SSSR count). The summed E-state index contributed by atoms with van der Waals surface area (Å²) < 4.78 is 0. The van der Waals surface area contributed by atoms with Crippen molar-refractivity contribution in [2.24, 2.45) is 5.10 Å². The summed E-state index contributed by atoms with van der Waals surface area (Å²) in [6, 6.07) is 18.5. The quantitative estimate of drug-likeness (QED) is 0.794. The van der Waals surface area contributed by atoms with E-state index in [-0.39, 0.29) is 0 Å². The molecule has 1 heterocycles. The van der Waals surface area contributed by atoms with Crippen molar-refractivity contribution in [1.82, 2.24) is 9.91 Å². The zero-order chi connectivity index (χ0) is 16.1. The molecular weight excluding hydrogens is 306 g/mol. The Balaban J connectivity index is 1.53. The van der Waals surface area contributed by atoms with Crippen molar-refractivity contribution in [3.05, 3.63) is 70.7 Å². The Morgan fingerprint density at radius 3 is 2.26 bits per heavy atom. The first-order valence-electron chi connectivity index (χ1n) is 8.03. The molecule has 23 heavy (non-hydrogen) atoms. The zero-order valence-corrected chi connectivity index (χ0v) is 14.2. The summed E-state index contributed by atoms with van der Waals surface area (Å²) in [6.07, 6.45) is 0. The van der Waals surface area contributed by atoms with Gasteiger partial charge in [-0.15, -0.1) is 0 Å². The third-order valence-corrected chi connectivity index (χ3v) is 4.40. The van der Waals surface area contributed by atoms with Crippen molar-refractivity contribution >= 4 is 17.3 Å². The smallest absolute Gasteiger partial charge is 0.0646 e. The van der Waals surface area contributed by atoms with Crippen LogP contribution in [0.1, 0.15) is 18.1 Å². The Kier molecular flexibility index (Phi) is 5.31. The van der Waals surface area contributed by atoms with Crippen LogP contribution in [0, 0.1) is 0 Å². The monoisotopic (exact) mass is 327 g/mol. The number of hydrazone groups is 1. The highest BCUT2D eigenvalue weighted by atomic mass is 35.5. The van der Waals surface area contributed by atoms with Crippen LogP contribution >= 0.6 is 11.6 Å². The van der Waals surface area contributed by atoms with Crippen LogP contribution in [-0.2, 0) is 6.54 Å². The Morgan fingerprint density at radius 1 is 0.957 bits per heavy atom. The summed E-state index contributed by atoms with van der Waals surface area (Å²) in [6.45, 7) is 7.07. The lowest BCUT2D eigenvalue weighted by Gasteiger charge is -2.33. The van der Waals surface area contributed by atoms with E-state index in [9.17, 15) is 0 Å². The summed E-state index contributed by atoms with van der Waals surface area (Å²) >= 11 is 5.94. The first-order chi connectivity index (χ1) is 11.2. The third-order valence-electron chi connectivity index (χ3n) is 4.15. The number of hydrogen-bond donors (Lipinski definition) is 0. The summed E-state index contributed by atoms with van der Waals surface area (Å²) in [5.41, 5.74) is 3.58. The molecule has 1 aliphatic rings.